The zero-order valence-corrected chi connectivity index (χ0v) is 27.9. The summed E-state index contributed by atoms with van der Waals surface area (Å²) in [6.07, 6.45) is 16.7. The monoisotopic (exact) mass is 631 g/mol. The van der Waals surface area contributed by atoms with Crippen molar-refractivity contribution in [1.29, 1.82) is 0 Å². The van der Waals surface area contributed by atoms with E-state index in [9.17, 15) is 0 Å². The van der Waals surface area contributed by atoms with Gasteiger partial charge in [-0.05, 0) is 77.9 Å². The van der Waals surface area contributed by atoms with Gasteiger partial charge in [-0.3, -0.25) is 4.99 Å². The molecule has 3 aliphatic rings. The Hall–Kier alpha value is -5.67. The molecule has 236 valence electrons. The Labute approximate surface area is 286 Å². The van der Waals surface area contributed by atoms with Gasteiger partial charge in [0.25, 0.3) is 0 Å². The van der Waals surface area contributed by atoms with Gasteiger partial charge in [-0.15, -0.1) is 0 Å². The van der Waals surface area contributed by atoms with Crippen molar-refractivity contribution in [3.8, 4) is 5.69 Å². The number of para-hydroxylation sites is 2. The molecule has 49 heavy (non-hydrogen) atoms. The molecule has 1 atom stereocenters. The number of allylic oxidation sites excluding steroid dienone is 8. The highest BCUT2D eigenvalue weighted by Gasteiger charge is 2.38. The molecule has 0 fully saturated rings. The Bertz CT molecular complexity index is 2650. The molecule has 2 aliphatic carbocycles. The van der Waals surface area contributed by atoms with E-state index in [0.29, 0.717) is 0 Å². The van der Waals surface area contributed by atoms with Gasteiger partial charge < -0.3 is 9.13 Å². The van der Waals surface area contributed by atoms with Crippen molar-refractivity contribution in [2.24, 2.45) is 4.99 Å². The van der Waals surface area contributed by atoms with Crippen LogP contribution in [0, 0.1) is 0 Å². The third-order valence-corrected chi connectivity index (χ3v) is 11.1. The van der Waals surface area contributed by atoms with E-state index >= 15 is 0 Å². The lowest BCUT2D eigenvalue weighted by molar-refractivity contribution is 0.656. The van der Waals surface area contributed by atoms with E-state index in [-0.39, 0.29) is 11.5 Å². The number of hydrogen-bond donors (Lipinski definition) is 0. The van der Waals surface area contributed by atoms with E-state index in [1.54, 1.807) is 0 Å². The maximum atomic E-state index is 5.47. The van der Waals surface area contributed by atoms with Gasteiger partial charge in [-0.2, -0.15) is 0 Å². The first kappa shape index (κ1) is 28.4. The fourth-order valence-corrected chi connectivity index (χ4v) is 8.79. The zero-order valence-electron chi connectivity index (χ0n) is 27.9. The Kier molecular flexibility index (Phi) is 6.17. The summed E-state index contributed by atoms with van der Waals surface area (Å²) < 4.78 is 5.00. The molecule has 0 amide bonds. The minimum Gasteiger partial charge on any atom is -0.333 e. The van der Waals surface area contributed by atoms with E-state index in [2.05, 4.69) is 169 Å². The molecule has 7 aromatic rings. The van der Waals surface area contributed by atoms with Crippen molar-refractivity contribution in [3.63, 3.8) is 0 Å². The number of hydrogen-bond acceptors (Lipinski definition) is 1. The Morgan fingerprint density at radius 2 is 1.41 bits per heavy atom. The van der Waals surface area contributed by atoms with Gasteiger partial charge in [0, 0.05) is 43.7 Å². The molecule has 5 aromatic carbocycles. The van der Waals surface area contributed by atoms with E-state index < -0.39 is 0 Å². The van der Waals surface area contributed by atoms with Crippen molar-refractivity contribution in [1.82, 2.24) is 9.13 Å². The fourth-order valence-electron chi connectivity index (χ4n) is 8.79. The molecular weight excluding hydrogens is 595 g/mol. The van der Waals surface area contributed by atoms with Crippen LogP contribution < -0.4 is 0 Å². The van der Waals surface area contributed by atoms with Crippen LogP contribution in [0.2, 0.25) is 0 Å². The minimum atomic E-state index is -0.145. The van der Waals surface area contributed by atoms with Gasteiger partial charge in [0.1, 0.15) is 0 Å². The summed E-state index contributed by atoms with van der Waals surface area (Å²) in [5.74, 6) is 0. The lowest BCUT2D eigenvalue weighted by Crippen LogP contribution is -2.27. The molecule has 3 heterocycles. The highest BCUT2D eigenvalue weighted by Crippen LogP contribution is 2.50. The molecule has 0 bridgehead atoms. The molecular formula is C46H37N3. The van der Waals surface area contributed by atoms with Crippen LogP contribution in [0.5, 0.6) is 0 Å². The molecule has 3 heteroatoms. The van der Waals surface area contributed by atoms with Gasteiger partial charge in [-0.25, -0.2) is 0 Å². The Morgan fingerprint density at radius 1 is 0.673 bits per heavy atom. The van der Waals surface area contributed by atoms with Crippen LogP contribution in [0.15, 0.2) is 156 Å². The summed E-state index contributed by atoms with van der Waals surface area (Å²) in [7, 11) is 0. The average Bonchev–Trinajstić information content (AvgIpc) is 3.76. The second kappa shape index (κ2) is 10.7. The summed E-state index contributed by atoms with van der Waals surface area (Å²) in [5.41, 5.74) is 13.7. The predicted octanol–water partition coefficient (Wildman–Crippen LogP) is 12.1. The second-order valence-electron chi connectivity index (χ2n) is 14.3. The zero-order chi connectivity index (χ0) is 32.7. The van der Waals surface area contributed by atoms with Crippen LogP contribution in [0.1, 0.15) is 50.3 Å². The molecule has 0 spiro atoms. The van der Waals surface area contributed by atoms with Gasteiger partial charge in [0.05, 0.1) is 28.5 Å². The summed E-state index contributed by atoms with van der Waals surface area (Å²) in [6.45, 7) is 4.68. The SMILES string of the molecule is CC1(C)C(C2=CC=CCC2)=Nc2c1ccc1c2c2ccccc2n1-c1ccc2c(c1)c1ccccc1n2C1C=CC=C(c2ccccc2)C1. The highest BCUT2D eigenvalue weighted by molar-refractivity contribution is 6.21. The molecule has 1 unspecified atom stereocenters. The lowest BCUT2D eigenvalue weighted by Gasteiger charge is -2.24. The number of benzene rings is 5. The highest BCUT2D eigenvalue weighted by atomic mass is 15.0. The van der Waals surface area contributed by atoms with Gasteiger partial charge in [-0.1, -0.05) is 123 Å². The van der Waals surface area contributed by atoms with Crippen LogP contribution >= 0.6 is 0 Å². The summed E-state index contributed by atoms with van der Waals surface area (Å²) >= 11 is 0. The first-order valence-corrected chi connectivity index (χ1v) is 17.6. The Balaban J connectivity index is 1.16. The maximum Gasteiger partial charge on any atom is 0.0775 e. The fraction of sp³-hybridized carbons (Fsp3) is 0.152. The van der Waals surface area contributed by atoms with E-state index in [1.807, 2.05) is 0 Å². The molecule has 2 aromatic heterocycles. The summed E-state index contributed by atoms with van der Waals surface area (Å²) in [4.78, 5) is 5.47. The van der Waals surface area contributed by atoms with Crippen molar-refractivity contribution < 1.29 is 0 Å². The number of fused-ring (bicyclic) bond motifs is 8. The second-order valence-corrected chi connectivity index (χ2v) is 14.3. The van der Waals surface area contributed by atoms with E-state index in [0.717, 1.165) is 24.9 Å². The normalized spacial score (nSPS) is 18.3. The predicted molar refractivity (Wildman–Crippen MR) is 208 cm³/mol. The van der Waals surface area contributed by atoms with Crippen molar-refractivity contribution in [3.05, 3.63) is 162 Å². The number of aromatic nitrogens is 2. The smallest absolute Gasteiger partial charge is 0.0775 e. The van der Waals surface area contributed by atoms with Gasteiger partial charge >= 0.3 is 0 Å². The Morgan fingerprint density at radius 3 is 2.24 bits per heavy atom. The molecule has 0 N–H and O–H groups in total. The van der Waals surface area contributed by atoms with E-state index in [1.165, 1.54) is 77.3 Å². The van der Waals surface area contributed by atoms with Gasteiger partial charge in [0.2, 0.25) is 0 Å². The van der Waals surface area contributed by atoms with Crippen LogP contribution in [0.3, 0.4) is 0 Å². The third-order valence-electron chi connectivity index (χ3n) is 11.1. The first-order chi connectivity index (χ1) is 24.1. The van der Waals surface area contributed by atoms with Crippen LogP contribution in [-0.2, 0) is 5.41 Å². The van der Waals surface area contributed by atoms with Gasteiger partial charge in [0.15, 0.2) is 0 Å². The number of nitrogens with zero attached hydrogens (tertiary/aromatic N) is 3. The number of aliphatic imine (C=N–C) groups is 1. The quantitative estimate of drug-likeness (QED) is 0.184. The van der Waals surface area contributed by atoms with Crippen LogP contribution in [0.4, 0.5) is 5.69 Å². The third kappa shape index (κ3) is 4.18. The van der Waals surface area contributed by atoms with Crippen molar-refractivity contribution in [2.45, 2.75) is 44.6 Å². The largest absolute Gasteiger partial charge is 0.333 e. The molecule has 0 saturated carbocycles. The minimum absolute atomic E-state index is 0.145. The summed E-state index contributed by atoms with van der Waals surface area (Å²) in [6, 6.07) is 40.5. The lowest BCUT2D eigenvalue weighted by atomic mass is 9.77. The molecule has 0 radical (unpaired) electrons. The summed E-state index contributed by atoms with van der Waals surface area (Å²) in [5, 5.41) is 5.07. The molecule has 0 saturated heterocycles. The molecule has 10 rings (SSSR count). The van der Waals surface area contributed by atoms with Crippen molar-refractivity contribution >= 4 is 60.6 Å². The van der Waals surface area contributed by atoms with E-state index in [4.69, 9.17) is 4.99 Å². The number of rotatable bonds is 4. The molecule has 1 aliphatic heterocycles. The molecule has 3 nitrogen and oxygen atoms in total. The first-order valence-electron chi connectivity index (χ1n) is 17.6. The van der Waals surface area contributed by atoms with Crippen LogP contribution in [-0.4, -0.2) is 14.8 Å². The van der Waals surface area contributed by atoms with Crippen LogP contribution in [0.25, 0.3) is 54.9 Å². The standard InChI is InChI=1S/C46H37N3/c1-46(2)38-25-27-42-43(44(38)47-45(46)31-16-7-4-8-17-31)36-21-10-12-23-40(36)49(42)34-24-26-41-37(29-34)35-20-9-11-22-39(35)48(41)33-19-13-18-32(28-33)30-14-5-3-6-15-30/h3-7,9-16,18-27,29,33H,8,17,28H2,1-2H3. The average molecular weight is 632 g/mol. The topological polar surface area (TPSA) is 22.2 Å². The maximum absolute atomic E-state index is 5.47. The van der Waals surface area contributed by atoms with Crippen molar-refractivity contribution in [2.75, 3.05) is 0 Å².